The lowest BCUT2D eigenvalue weighted by atomic mass is 10.1. The second kappa shape index (κ2) is 6.91. The second-order valence-corrected chi connectivity index (χ2v) is 6.56. The van der Waals surface area contributed by atoms with E-state index in [0.29, 0.717) is 5.89 Å². The predicted octanol–water partition coefficient (Wildman–Crippen LogP) is 4.63. The van der Waals surface area contributed by atoms with Crippen molar-refractivity contribution in [3.63, 3.8) is 0 Å². The molecular formula is C17H20N4OS. The number of hydrogen-bond donors (Lipinski definition) is 1. The molecule has 1 aromatic carbocycles. The maximum Gasteiger partial charge on any atom is 0.248 e. The number of aryl methyl sites for hydroxylation is 2. The third-order valence-corrected chi connectivity index (χ3v) is 4.28. The zero-order chi connectivity index (χ0) is 16.2. The van der Waals surface area contributed by atoms with Gasteiger partial charge in [-0.1, -0.05) is 24.2 Å². The first-order valence-corrected chi connectivity index (χ1v) is 8.65. The van der Waals surface area contributed by atoms with Crippen LogP contribution in [0.15, 0.2) is 34.2 Å². The Morgan fingerprint density at radius 2 is 2.00 bits per heavy atom. The lowest BCUT2D eigenvalue weighted by Gasteiger charge is -2.11. The van der Waals surface area contributed by atoms with Crippen molar-refractivity contribution in [1.29, 1.82) is 0 Å². The molecule has 0 bridgehead atoms. The summed E-state index contributed by atoms with van der Waals surface area (Å²) < 4.78 is 5.31. The van der Waals surface area contributed by atoms with Gasteiger partial charge in [-0.2, -0.15) is 4.98 Å². The molecular weight excluding hydrogens is 308 g/mol. The second-order valence-electron chi connectivity index (χ2n) is 5.49. The van der Waals surface area contributed by atoms with Crippen molar-refractivity contribution in [2.75, 3.05) is 5.32 Å². The van der Waals surface area contributed by atoms with Crippen LogP contribution in [0, 0.1) is 6.92 Å². The summed E-state index contributed by atoms with van der Waals surface area (Å²) in [6, 6.07) is 8.20. The van der Waals surface area contributed by atoms with Crippen molar-refractivity contribution in [3.05, 3.63) is 46.4 Å². The van der Waals surface area contributed by atoms with E-state index < -0.39 is 0 Å². The van der Waals surface area contributed by atoms with Crippen molar-refractivity contribution >= 4 is 17.0 Å². The number of thiazole rings is 1. The molecule has 23 heavy (non-hydrogen) atoms. The number of aromatic nitrogens is 3. The van der Waals surface area contributed by atoms with Gasteiger partial charge < -0.3 is 9.84 Å². The summed E-state index contributed by atoms with van der Waals surface area (Å²) in [5, 5.41) is 10.5. The lowest BCUT2D eigenvalue weighted by Crippen LogP contribution is -2.07. The fourth-order valence-corrected chi connectivity index (χ4v) is 2.94. The Balaban J connectivity index is 1.67. The minimum Gasteiger partial charge on any atom is -0.374 e. The van der Waals surface area contributed by atoms with E-state index in [1.165, 1.54) is 0 Å². The van der Waals surface area contributed by atoms with Crippen molar-refractivity contribution in [1.82, 2.24) is 15.1 Å². The van der Waals surface area contributed by atoms with Crippen LogP contribution in [0.3, 0.4) is 0 Å². The average molecular weight is 328 g/mol. The van der Waals surface area contributed by atoms with Gasteiger partial charge in [-0.25, -0.2) is 4.98 Å². The molecule has 3 aromatic rings. The highest BCUT2D eigenvalue weighted by molar-refractivity contribution is 7.09. The zero-order valence-electron chi connectivity index (χ0n) is 13.5. The normalized spacial score (nSPS) is 12.3. The van der Waals surface area contributed by atoms with Gasteiger partial charge in [0, 0.05) is 23.1 Å². The fourth-order valence-electron chi connectivity index (χ4n) is 2.31. The fraction of sp³-hybridized carbons (Fsp3) is 0.353. The van der Waals surface area contributed by atoms with Crippen molar-refractivity contribution in [2.24, 2.45) is 0 Å². The van der Waals surface area contributed by atoms with Gasteiger partial charge in [0.15, 0.2) is 5.82 Å². The number of benzene rings is 1. The summed E-state index contributed by atoms with van der Waals surface area (Å²) in [7, 11) is 0. The average Bonchev–Trinajstić information content (AvgIpc) is 3.18. The quantitative estimate of drug-likeness (QED) is 0.715. The summed E-state index contributed by atoms with van der Waals surface area (Å²) >= 11 is 1.66. The Kier molecular flexibility index (Phi) is 4.71. The maximum atomic E-state index is 5.31. The topological polar surface area (TPSA) is 63.8 Å². The van der Waals surface area contributed by atoms with Gasteiger partial charge in [-0.3, -0.25) is 0 Å². The first kappa shape index (κ1) is 15.7. The molecule has 0 radical (unpaired) electrons. The van der Waals surface area contributed by atoms with Gasteiger partial charge >= 0.3 is 0 Å². The number of hydrogen-bond acceptors (Lipinski definition) is 6. The highest BCUT2D eigenvalue weighted by atomic mass is 32.1. The van der Waals surface area contributed by atoms with E-state index in [1.807, 2.05) is 26.0 Å². The van der Waals surface area contributed by atoms with Crippen molar-refractivity contribution in [2.45, 2.75) is 39.7 Å². The van der Waals surface area contributed by atoms with Gasteiger partial charge in [0.1, 0.15) is 6.04 Å². The summed E-state index contributed by atoms with van der Waals surface area (Å²) in [6.07, 6.45) is 1.86. The Bertz CT molecular complexity index is 763. The molecule has 0 saturated carbocycles. The largest absolute Gasteiger partial charge is 0.374 e. The van der Waals surface area contributed by atoms with Crippen LogP contribution < -0.4 is 5.32 Å². The lowest BCUT2D eigenvalue weighted by molar-refractivity contribution is 0.362. The first-order valence-electron chi connectivity index (χ1n) is 7.77. The van der Waals surface area contributed by atoms with Crippen LogP contribution in [-0.4, -0.2) is 15.1 Å². The van der Waals surface area contributed by atoms with E-state index in [1.54, 1.807) is 11.3 Å². The summed E-state index contributed by atoms with van der Waals surface area (Å²) in [4.78, 5) is 8.92. The summed E-state index contributed by atoms with van der Waals surface area (Å²) in [5.74, 6) is 1.39. The molecule has 2 heterocycles. The number of anilines is 1. The number of nitrogens with one attached hydrogen (secondary N) is 1. The molecule has 0 spiro atoms. The Morgan fingerprint density at radius 3 is 2.65 bits per heavy atom. The Labute approximate surface area is 139 Å². The van der Waals surface area contributed by atoms with Crippen molar-refractivity contribution in [3.8, 4) is 11.3 Å². The van der Waals surface area contributed by atoms with Crippen LogP contribution in [0.1, 0.15) is 43.0 Å². The standard InChI is InChI=1S/C17H20N4OS/c1-4-5-16-20-17(22-21-16)11(2)18-14-8-6-13(7-9-14)15-10-23-12(3)19-15/h6-11,18H,4-5H2,1-3H3/t11-/m1/s1. The van der Waals surface area contributed by atoms with E-state index in [0.717, 1.165) is 40.6 Å². The van der Waals surface area contributed by atoms with Gasteiger partial charge in [-0.05, 0) is 32.4 Å². The molecule has 120 valence electrons. The molecule has 0 saturated heterocycles. The number of nitrogens with zero attached hydrogens (tertiary/aromatic N) is 3. The SMILES string of the molecule is CCCc1noc([C@@H](C)Nc2ccc(-c3csc(C)n3)cc2)n1. The first-order chi connectivity index (χ1) is 11.2. The van der Waals surface area contributed by atoms with E-state index in [-0.39, 0.29) is 6.04 Å². The molecule has 0 aliphatic carbocycles. The molecule has 1 atom stereocenters. The highest BCUT2D eigenvalue weighted by Crippen LogP contribution is 2.24. The van der Waals surface area contributed by atoms with Gasteiger partial charge in [-0.15, -0.1) is 11.3 Å². The van der Waals surface area contributed by atoms with E-state index in [4.69, 9.17) is 4.52 Å². The monoisotopic (exact) mass is 328 g/mol. The van der Waals surface area contributed by atoms with Crippen LogP contribution in [0.4, 0.5) is 5.69 Å². The third-order valence-electron chi connectivity index (χ3n) is 3.51. The molecule has 3 rings (SSSR count). The Hall–Kier alpha value is -2.21. The predicted molar refractivity (Wildman–Crippen MR) is 92.6 cm³/mol. The minimum absolute atomic E-state index is 0.0273. The third kappa shape index (κ3) is 3.76. The van der Waals surface area contributed by atoms with Gasteiger partial charge in [0.05, 0.1) is 10.7 Å². The van der Waals surface area contributed by atoms with Crippen LogP contribution >= 0.6 is 11.3 Å². The minimum atomic E-state index is -0.0273. The molecule has 6 heteroatoms. The molecule has 0 aliphatic heterocycles. The molecule has 0 aliphatic rings. The highest BCUT2D eigenvalue weighted by Gasteiger charge is 2.14. The van der Waals surface area contributed by atoms with Crippen LogP contribution in [0.25, 0.3) is 11.3 Å². The maximum absolute atomic E-state index is 5.31. The van der Waals surface area contributed by atoms with Crippen LogP contribution in [0.2, 0.25) is 0 Å². The van der Waals surface area contributed by atoms with Crippen molar-refractivity contribution < 1.29 is 4.52 Å². The van der Waals surface area contributed by atoms with E-state index in [9.17, 15) is 0 Å². The zero-order valence-corrected chi connectivity index (χ0v) is 14.4. The molecule has 0 unspecified atom stereocenters. The summed E-state index contributed by atoms with van der Waals surface area (Å²) in [6.45, 7) is 6.13. The van der Waals surface area contributed by atoms with Crippen LogP contribution in [-0.2, 0) is 6.42 Å². The smallest absolute Gasteiger partial charge is 0.248 e. The Morgan fingerprint density at radius 1 is 1.22 bits per heavy atom. The summed E-state index contributed by atoms with van der Waals surface area (Å²) in [5.41, 5.74) is 3.16. The van der Waals surface area contributed by atoms with Gasteiger partial charge in [0.2, 0.25) is 5.89 Å². The van der Waals surface area contributed by atoms with E-state index >= 15 is 0 Å². The molecule has 1 N–H and O–H groups in total. The molecule has 0 amide bonds. The van der Waals surface area contributed by atoms with Gasteiger partial charge in [0.25, 0.3) is 0 Å². The van der Waals surface area contributed by atoms with Crippen LogP contribution in [0.5, 0.6) is 0 Å². The molecule has 5 nitrogen and oxygen atoms in total. The molecule has 2 aromatic heterocycles. The molecule has 0 fully saturated rings. The number of rotatable bonds is 6. The van der Waals surface area contributed by atoms with E-state index in [2.05, 4.69) is 44.9 Å².